The number of hydrogen-bond donors (Lipinski definition) is 1. The number of esters is 1. The molecule has 0 saturated heterocycles. The molecule has 0 spiro atoms. The van der Waals surface area contributed by atoms with E-state index < -0.39 is 0 Å². The molecule has 1 atom stereocenters. The third kappa shape index (κ3) is 34.0. The molecule has 0 heterocycles. The first-order valence-corrected chi connectivity index (χ1v) is 19.5. The van der Waals surface area contributed by atoms with E-state index in [1.165, 1.54) is 167 Å². The number of hydrogen-bond acceptors (Lipinski definition) is 3. The second-order valence-electron chi connectivity index (χ2n) is 13.1. The van der Waals surface area contributed by atoms with Gasteiger partial charge in [0.15, 0.2) is 5.12 Å². The molecule has 0 aromatic carbocycles. The summed E-state index contributed by atoms with van der Waals surface area (Å²) in [4.78, 5) is 23.9. The van der Waals surface area contributed by atoms with Crippen molar-refractivity contribution in [2.75, 3.05) is 0 Å². The quantitative estimate of drug-likeness (QED) is 0.0441. The van der Waals surface area contributed by atoms with Crippen LogP contribution in [0.1, 0.15) is 226 Å². The molecule has 0 rings (SSSR count). The predicted octanol–water partition coefficient (Wildman–Crippen LogP) is 13.3. The van der Waals surface area contributed by atoms with Crippen molar-refractivity contribution in [1.82, 2.24) is 0 Å². The van der Waals surface area contributed by atoms with Crippen LogP contribution >= 0.6 is 12.6 Å². The van der Waals surface area contributed by atoms with Crippen LogP contribution in [0.25, 0.3) is 0 Å². The van der Waals surface area contributed by atoms with E-state index in [0.29, 0.717) is 6.42 Å². The molecule has 0 aliphatic rings. The SMILES string of the molecule is CCCCCCCCCCCCCCCCCCCCCCCC(=O)OC(CCCCCCCCCCC)CC(=O)S. The molecule has 42 heavy (non-hydrogen) atoms. The highest BCUT2D eigenvalue weighted by Crippen LogP contribution is 2.18. The fourth-order valence-electron chi connectivity index (χ4n) is 6.03. The zero-order valence-corrected chi connectivity index (χ0v) is 29.5. The Morgan fingerprint density at radius 2 is 0.738 bits per heavy atom. The summed E-state index contributed by atoms with van der Waals surface area (Å²) in [6.07, 6.45) is 41.2. The molecule has 0 N–H and O–H groups in total. The molecular weight excluding hydrogens is 536 g/mol. The van der Waals surface area contributed by atoms with Gasteiger partial charge in [-0.25, -0.2) is 0 Å². The lowest BCUT2D eigenvalue weighted by molar-refractivity contribution is -0.150. The summed E-state index contributed by atoms with van der Waals surface area (Å²) >= 11 is 3.93. The minimum Gasteiger partial charge on any atom is -0.462 e. The van der Waals surface area contributed by atoms with Gasteiger partial charge in [0.05, 0.1) is 6.42 Å². The van der Waals surface area contributed by atoms with Crippen LogP contribution in [0.3, 0.4) is 0 Å². The fraction of sp³-hybridized carbons (Fsp3) is 0.947. The number of unbranched alkanes of at least 4 members (excludes halogenated alkanes) is 28. The van der Waals surface area contributed by atoms with E-state index in [1.807, 2.05) is 0 Å². The summed E-state index contributed by atoms with van der Waals surface area (Å²) in [5, 5.41) is -0.183. The van der Waals surface area contributed by atoms with E-state index in [4.69, 9.17) is 4.74 Å². The van der Waals surface area contributed by atoms with Crippen LogP contribution in [-0.4, -0.2) is 17.2 Å². The molecule has 0 amide bonds. The van der Waals surface area contributed by atoms with Gasteiger partial charge in [0.1, 0.15) is 6.10 Å². The van der Waals surface area contributed by atoms with Gasteiger partial charge >= 0.3 is 5.97 Å². The van der Waals surface area contributed by atoms with Crippen molar-refractivity contribution < 1.29 is 14.3 Å². The minimum absolute atomic E-state index is 0.136. The van der Waals surface area contributed by atoms with Crippen molar-refractivity contribution in [3.63, 3.8) is 0 Å². The van der Waals surface area contributed by atoms with Gasteiger partial charge in [-0.05, 0) is 19.3 Å². The zero-order chi connectivity index (χ0) is 30.8. The highest BCUT2D eigenvalue weighted by molar-refractivity contribution is 7.96. The second-order valence-corrected chi connectivity index (χ2v) is 13.6. The van der Waals surface area contributed by atoms with Gasteiger partial charge in [-0.3, -0.25) is 9.59 Å². The summed E-state index contributed by atoms with van der Waals surface area (Å²) in [5.41, 5.74) is 0. The summed E-state index contributed by atoms with van der Waals surface area (Å²) in [7, 11) is 0. The van der Waals surface area contributed by atoms with E-state index in [1.54, 1.807) is 0 Å². The van der Waals surface area contributed by atoms with Crippen molar-refractivity contribution in [1.29, 1.82) is 0 Å². The minimum atomic E-state index is -0.290. The van der Waals surface area contributed by atoms with E-state index in [2.05, 4.69) is 26.5 Å². The van der Waals surface area contributed by atoms with E-state index in [9.17, 15) is 9.59 Å². The third-order valence-corrected chi connectivity index (χ3v) is 9.00. The van der Waals surface area contributed by atoms with E-state index in [0.717, 1.165) is 32.1 Å². The first kappa shape index (κ1) is 41.5. The molecule has 1 unspecified atom stereocenters. The molecule has 0 radical (unpaired) electrons. The number of thiol groups is 1. The Bertz CT molecular complexity index is 565. The van der Waals surface area contributed by atoms with Crippen LogP contribution in [0.5, 0.6) is 0 Å². The number of ether oxygens (including phenoxy) is 1. The topological polar surface area (TPSA) is 43.4 Å². The molecule has 0 aliphatic heterocycles. The Morgan fingerprint density at radius 1 is 0.452 bits per heavy atom. The Labute approximate surface area is 269 Å². The first-order valence-electron chi connectivity index (χ1n) is 19.0. The lowest BCUT2D eigenvalue weighted by atomic mass is 10.0. The largest absolute Gasteiger partial charge is 0.462 e. The van der Waals surface area contributed by atoms with Crippen molar-refractivity contribution in [3.05, 3.63) is 0 Å². The van der Waals surface area contributed by atoms with Gasteiger partial charge in [-0.1, -0.05) is 194 Å². The molecule has 0 aromatic rings. The normalized spacial score (nSPS) is 12.1. The van der Waals surface area contributed by atoms with Crippen molar-refractivity contribution in [2.45, 2.75) is 232 Å². The van der Waals surface area contributed by atoms with Crippen LogP contribution in [0.4, 0.5) is 0 Å². The van der Waals surface area contributed by atoms with Crippen LogP contribution in [0.2, 0.25) is 0 Å². The molecule has 0 fully saturated rings. The average molecular weight is 611 g/mol. The Balaban J connectivity index is 3.50. The smallest absolute Gasteiger partial charge is 0.306 e. The summed E-state index contributed by atoms with van der Waals surface area (Å²) in [5.74, 6) is -0.136. The highest BCUT2D eigenvalue weighted by Gasteiger charge is 2.16. The number of rotatable bonds is 35. The van der Waals surface area contributed by atoms with Gasteiger partial charge < -0.3 is 4.74 Å². The molecule has 3 nitrogen and oxygen atoms in total. The predicted molar refractivity (Wildman–Crippen MR) is 188 cm³/mol. The van der Waals surface area contributed by atoms with Gasteiger partial charge in [0, 0.05) is 6.42 Å². The van der Waals surface area contributed by atoms with E-state index in [-0.39, 0.29) is 23.6 Å². The zero-order valence-electron chi connectivity index (χ0n) is 28.6. The monoisotopic (exact) mass is 611 g/mol. The fourth-order valence-corrected chi connectivity index (χ4v) is 6.23. The third-order valence-electron chi connectivity index (χ3n) is 8.81. The maximum Gasteiger partial charge on any atom is 0.306 e. The molecule has 0 aliphatic carbocycles. The second kappa shape index (κ2) is 35.0. The van der Waals surface area contributed by atoms with Crippen molar-refractivity contribution >= 4 is 23.7 Å². The van der Waals surface area contributed by atoms with E-state index >= 15 is 0 Å². The molecule has 0 saturated carbocycles. The van der Waals surface area contributed by atoms with Crippen LogP contribution < -0.4 is 0 Å². The summed E-state index contributed by atoms with van der Waals surface area (Å²) in [6.45, 7) is 4.54. The van der Waals surface area contributed by atoms with Gasteiger partial charge in [-0.2, -0.15) is 0 Å². The number of carbonyl (C=O) groups is 2. The molecular formula is C38H74O3S. The maximum atomic E-state index is 12.3. The molecule has 0 aromatic heterocycles. The Hall–Kier alpha value is -0.510. The van der Waals surface area contributed by atoms with Crippen LogP contribution in [0.15, 0.2) is 0 Å². The average Bonchev–Trinajstić information content (AvgIpc) is 2.96. The van der Waals surface area contributed by atoms with Crippen LogP contribution in [-0.2, 0) is 14.3 Å². The van der Waals surface area contributed by atoms with Crippen LogP contribution in [0, 0.1) is 0 Å². The van der Waals surface area contributed by atoms with Crippen molar-refractivity contribution in [3.8, 4) is 0 Å². The Kier molecular flexibility index (Phi) is 34.5. The summed E-state index contributed by atoms with van der Waals surface area (Å²) < 4.78 is 5.67. The molecule has 4 heteroatoms. The Morgan fingerprint density at radius 3 is 1.05 bits per heavy atom. The standard InChI is InChI=1S/C38H74O3S/c1-3-5-7-9-11-13-14-15-16-17-18-19-20-21-22-23-24-26-28-30-32-34-37(39)41-36(35-38(40)42)33-31-29-27-25-12-10-8-6-4-2/h36H,3-35H2,1-2H3,(H,40,42). The molecule has 250 valence electrons. The maximum absolute atomic E-state index is 12.3. The van der Waals surface area contributed by atoms with Gasteiger partial charge in [0.25, 0.3) is 0 Å². The lowest BCUT2D eigenvalue weighted by Crippen LogP contribution is -2.20. The highest BCUT2D eigenvalue weighted by atomic mass is 32.1. The van der Waals surface area contributed by atoms with Crippen molar-refractivity contribution in [2.24, 2.45) is 0 Å². The first-order chi connectivity index (χ1) is 20.6. The van der Waals surface area contributed by atoms with Gasteiger partial charge in [-0.15, -0.1) is 12.6 Å². The molecule has 0 bridgehead atoms. The lowest BCUT2D eigenvalue weighted by Gasteiger charge is -2.16. The number of carbonyl (C=O) groups excluding carboxylic acids is 2. The summed E-state index contributed by atoms with van der Waals surface area (Å²) in [6, 6.07) is 0. The van der Waals surface area contributed by atoms with Gasteiger partial charge in [0.2, 0.25) is 0 Å².